The summed E-state index contributed by atoms with van der Waals surface area (Å²) < 4.78 is 0.884. The largest absolute Gasteiger partial charge is 0.358 e. The Hall–Kier alpha value is -1.13. The highest BCUT2D eigenvalue weighted by Gasteiger charge is 2.06. The average Bonchev–Trinajstić information content (AvgIpc) is 2.47. The van der Waals surface area contributed by atoms with Crippen LogP contribution in [0.2, 0.25) is 0 Å². The third-order valence-corrected chi connectivity index (χ3v) is 4.38. The summed E-state index contributed by atoms with van der Waals surface area (Å²) >= 11 is 6.91. The Morgan fingerprint density at radius 3 is 2.50 bits per heavy atom. The van der Waals surface area contributed by atoms with Gasteiger partial charge in [-0.3, -0.25) is 4.79 Å². The molecule has 0 N–H and O–H groups in total. The molecule has 0 atom stereocenters. The van der Waals surface area contributed by atoms with E-state index in [1.807, 2.05) is 36.4 Å². The Bertz CT molecular complexity index is 453. The van der Waals surface area contributed by atoms with Crippen molar-refractivity contribution in [1.82, 2.24) is 4.90 Å². The number of rotatable bonds is 7. The number of allylic oxidation sites excluding steroid dienone is 1. The molecule has 0 heterocycles. The first kappa shape index (κ1) is 16.9. The van der Waals surface area contributed by atoms with Crippen LogP contribution in [0.3, 0.4) is 0 Å². The maximum atomic E-state index is 11.7. The summed E-state index contributed by atoms with van der Waals surface area (Å²) in [7, 11) is 0. The topological polar surface area (TPSA) is 20.3 Å². The van der Waals surface area contributed by atoms with E-state index in [1.165, 1.54) is 0 Å². The third kappa shape index (κ3) is 6.35. The van der Waals surface area contributed by atoms with Gasteiger partial charge in [0.25, 0.3) is 0 Å². The zero-order valence-electron chi connectivity index (χ0n) is 12.0. The van der Waals surface area contributed by atoms with Crippen molar-refractivity contribution in [3.63, 3.8) is 0 Å². The summed E-state index contributed by atoms with van der Waals surface area (Å²) in [4.78, 5) is 13.9. The molecule has 1 aromatic carbocycles. The lowest BCUT2D eigenvalue weighted by molar-refractivity contribution is -0.114. The standard InChI is InChI=1S/C16H21NOS2/c1-3-17(4-2)16(19)20-13-12-15(18)11-10-14-8-6-5-7-9-14/h5-11H,3-4,12-13H2,1-2H3. The highest BCUT2D eigenvalue weighted by atomic mass is 32.2. The molecule has 0 radical (unpaired) electrons. The first-order chi connectivity index (χ1) is 9.67. The van der Waals surface area contributed by atoms with Crippen molar-refractivity contribution in [3.05, 3.63) is 42.0 Å². The van der Waals surface area contributed by atoms with Crippen molar-refractivity contribution in [2.24, 2.45) is 0 Å². The minimum atomic E-state index is 0.142. The van der Waals surface area contributed by atoms with Crippen LogP contribution in [0, 0.1) is 0 Å². The second-order valence-corrected chi connectivity index (χ2v) is 5.98. The fourth-order valence-corrected chi connectivity index (χ4v) is 3.08. The van der Waals surface area contributed by atoms with E-state index in [0.717, 1.165) is 28.7 Å². The van der Waals surface area contributed by atoms with Crippen LogP contribution in [-0.4, -0.2) is 33.8 Å². The van der Waals surface area contributed by atoms with Gasteiger partial charge in [0.05, 0.1) is 0 Å². The number of nitrogens with zero attached hydrogens (tertiary/aromatic N) is 1. The van der Waals surface area contributed by atoms with Crippen molar-refractivity contribution in [2.45, 2.75) is 20.3 Å². The molecular formula is C16H21NOS2. The first-order valence-corrected chi connectivity index (χ1v) is 8.24. The molecule has 0 aliphatic rings. The van der Waals surface area contributed by atoms with Gasteiger partial charge in [0.1, 0.15) is 4.32 Å². The second-order valence-electron chi connectivity index (χ2n) is 4.25. The van der Waals surface area contributed by atoms with E-state index >= 15 is 0 Å². The summed E-state index contributed by atoms with van der Waals surface area (Å²) in [6, 6.07) is 9.84. The molecule has 20 heavy (non-hydrogen) atoms. The maximum Gasteiger partial charge on any atom is 0.156 e. The highest BCUT2D eigenvalue weighted by molar-refractivity contribution is 8.22. The average molecular weight is 307 g/mol. The number of benzene rings is 1. The molecule has 1 rings (SSSR count). The van der Waals surface area contributed by atoms with Crippen molar-refractivity contribution < 1.29 is 4.79 Å². The number of thioether (sulfide) groups is 1. The lowest BCUT2D eigenvalue weighted by atomic mass is 10.2. The molecule has 1 aromatic rings. The van der Waals surface area contributed by atoms with Gasteiger partial charge in [0.15, 0.2) is 5.78 Å². The molecule has 0 spiro atoms. The van der Waals surface area contributed by atoms with Crippen LogP contribution >= 0.6 is 24.0 Å². The van der Waals surface area contributed by atoms with Gasteiger partial charge in [-0.1, -0.05) is 60.4 Å². The van der Waals surface area contributed by atoms with Crippen LogP contribution in [0.25, 0.3) is 6.08 Å². The zero-order chi connectivity index (χ0) is 14.8. The van der Waals surface area contributed by atoms with Crippen LogP contribution < -0.4 is 0 Å². The Morgan fingerprint density at radius 2 is 1.90 bits per heavy atom. The first-order valence-electron chi connectivity index (χ1n) is 6.85. The zero-order valence-corrected chi connectivity index (χ0v) is 13.7. The van der Waals surface area contributed by atoms with Gasteiger partial charge in [-0.25, -0.2) is 0 Å². The normalized spacial score (nSPS) is 10.7. The summed E-state index contributed by atoms with van der Waals surface area (Å²) in [5, 5.41) is 0. The monoisotopic (exact) mass is 307 g/mol. The van der Waals surface area contributed by atoms with Gasteiger partial charge in [-0.15, -0.1) is 0 Å². The van der Waals surface area contributed by atoms with Gasteiger partial charge in [-0.2, -0.15) is 0 Å². The Labute approximate surface area is 131 Å². The van der Waals surface area contributed by atoms with Crippen molar-refractivity contribution in [1.29, 1.82) is 0 Å². The number of carbonyl (C=O) groups is 1. The predicted octanol–water partition coefficient (Wildman–Crippen LogP) is 4.02. The van der Waals surface area contributed by atoms with Crippen LogP contribution in [0.1, 0.15) is 25.8 Å². The Balaban J connectivity index is 2.30. The molecular weight excluding hydrogens is 286 g/mol. The SMILES string of the molecule is CCN(CC)C(=S)SCCC(=O)C=Cc1ccccc1. The van der Waals surface area contributed by atoms with Gasteiger partial charge in [0.2, 0.25) is 0 Å². The molecule has 0 amide bonds. The third-order valence-electron chi connectivity index (χ3n) is 2.86. The van der Waals surface area contributed by atoms with Crippen molar-refractivity contribution >= 4 is 40.2 Å². The fraction of sp³-hybridized carbons (Fsp3) is 0.375. The summed E-state index contributed by atoms with van der Waals surface area (Å²) in [5.74, 6) is 0.886. The van der Waals surface area contributed by atoms with Gasteiger partial charge < -0.3 is 4.90 Å². The van der Waals surface area contributed by atoms with Crippen LogP contribution in [-0.2, 0) is 4.79 Å². The van der Waals surface area contributed by atoms with E-state index in [4.69, 9.17) is 12.2 Å². The molecule has 108 valence electrons. The van der Waals surface area contributed by atoms with Gasteiger partial charge >= 0.3 is 0 Å². The Kier molecular flexibility index (Phi) is 8.23. The predicted molar refractivity (Wildman–Crippen MR) is 93.1 cm³/mol. The lowest BCUT2D eigenvalue weighted by Crippen LogP contribution is -2.26. The minimum Gasteiger partial charge on any atom is -0.358 e. The highest BCUT2D eigenvalue weighted by Crippen LogP contribution is 2.11. The molecule has 0 saturated heterocycles. The van der Waals surface area contributed by atoms with Crippen LogP contribution in [0.15, 0.2) is 36.4 Å². The van der Waals surface area contributed by atoms with E-state index < -0.39 is 0 Å². The van der Waals surface area contributed by atoms with E-state index in [1.54, 1.807) is 17.8 Å². The van der Waals surface area contributed by atoms with Crippen molar-refractivity contribution in [2.75, 3.05) is 18.8 Å². The van der Waals surface area contributed by atoms with E-state index in [2.05, 4.69) is 18.7 Å². The molecule has 0 aromatic heterocycles. The Morgan fingerprint density at radius 1 is 1.25 bits per heavy atom. The van der Waals surface area contributed by atoms with Crippen molar-refractivity contribution in [3.8, 4) is 0 Å². The summed E-state index contributed by atoms with van der Waals surface area (Å²) in [6.07, 6.45) is 4.03. The number of ketones is 1. The van der Waals surface area contributed by atoms with Crippen LogP contribution in [0.4, 0.5) is 0 Å². The molecule has 0 unspecified atom stereocenters. The molecule has 0 bridgehead atoms. The fourth-order valence-electron chi connectivity index (χ4n) is 1.65. The molecule has 0 fully saturated rings. The second kappa shape index (κ2) is 9.72. The molecule has 0 aliphatic carbocycles. The van der Waals surface area contributed by atoms with Crippen LogP contribution in [0.5, 0.6) is 0 Å². The molecule has 0 aliphatic heterocycles. The van der Waals surface area contributed by atoms with E-state index in [-0.39, 0.29) is 5.78 Å². The lowest BCUT2D eigenvalue weighted by Gasteiger charge is -2.20. The number of hydrogen-bond donors (Lipinski definition) is 0. The maximum absolute atomic E-state index is 11.7. The molecule has 0 saturated carbocycles. The number of hydrogen-bond acceptors (Lipinski definition) is 3. The van der Waals surface area contributed by atoms with Gasteiger partial charge in [0, 0.05) is 25.3 Å². The van der Waals surface area contributed by atoms with Gasteiger partial charge in [-0.05, 0) is 25.5 Å². The molecule has 2 nitrogen and oxygen atoms in total. The minimum absolute atomic E-state index is 0.142. The smallest absolute Gasteiger partial charge is 0.156 e. The van der Waals surface area contributed by atoms with E-state index in [0.29, 0.717) is 6.42 Å². The summed E-state index contributed by atoms with van der Waals surface area (Å²) in [6.45, 7) is 6.02. The molecule has 4 heteroatoms. The van der Waals surface area contributed by atoms with E-state index in [9.17, 15) is 4.79 Å². The number of thiocarbonyl (C=S) groups is 1. The quantitative estimate of drug-likeness (QED) is 0.560. The number of carbonyl (C=O) groups excluding carboxylic acids is 1. The summed E-state index contributed by atoms with van der Waals surface area (Å²) in [5.41, 5.74) is 1.05.